The number of carbonyl (C=O) groups excluding carboxylic acids is 3. The molecule has 5 aromatic heterocycles. The summed E-state index contributed by atoms with van der Waals surface area (Å²) < 4.78 is 11.3. The fourth-order valence-corrected chi connectivity index (χ4v) is 21.8. The van der Waals surface area contributed by atoms with E-state index in [2.05, 4.69) is 268 Å². The molecule has 1 aliphatic carbocycles. The molecule has 3 aliphatic rings. The number of aldehydes is 1. The Morgan fingerprint density at radius 2 is 0.822 bits per heavy atom. The van der Waals surface area contributed by atoms with Gasteiger partial charge in [0.2, 0.25) is 5.78 Å². The molecule has 0 amide bonds. The molecule has 0 saturated heterocycles. The van der Waals surface area contributed by atoms with Crippen molar-refractivity contribution >= 4 is 214 Å². The maximum atomic E-state index is 12.2. The fraction of sp³-hybridized carbons (Fsp3) is 0.0545. The van der Waals surface area contributed by atoms with E-state index in [1.54, 1.807) is 60.4 Å². The Labute approximate surface area is 883 Å². The minimum absolute atomic E-state index is 0. The van der Waals surface area contributed by atoms with Gasteiger partial charge in [0.25, 0.3) is 0 Å². The van der Waals surface area contributed by atoms with Crippen molar-refractivity contribution in [2.24, 2.45) is 5.73 Å². The van der Waals surface area contributed by atoms with Crippen LogP contribution in [0, 0.1) is 5.41 Å². The summed E-state index contributed by atoms with van der Waals surface area (Å²) in [6, 6.07) is 126. The largest absolute Gasteiger partial charge is 1.00 e. The summed E-state index contributed by atoms with van der Waals surface area (Å²) in [4.78, 5) is 56.1. The number of ketones is 2. The molecule has 7 heterocycles. The molecule has 23 rings (SSSR count). The summed E-state index contributed by atoms with van der Waals surface area (Å²) in [5.41, 5.74) is 27.2. The molecule has 664 valence electrons. The first kappa shape index (κ1) is 107. The number of nitrogens with two attached hydrogens (primary N) is 1. The van der Waals surface area contributed by atoms with Crippen LogP contribution in [0.3, 0.4) is 0 Å². The van der Waals surface area contributed by atoms with E-state index in [9.17, 15) is 14.4 Å². The number of rotatable bonds is 8. The van der Waals surface area contributed by atoms with Crippen LogP contribution in [0.1, 0.15) is 67.2 Å². The second kappa shape index (κ2) is 52.3. The number of nitrogens with zero attached hydrogens (tertiary/aromatic N) is 5. The average molecular weight is 2150 g/mol. The van der Waals surface area contributed by atoms with E-state index in [0.29, 0.717) is 5.75 Å². The number of aromatic nitrogens is 5. The van der Waals surface area contributed by atoms with Crippen molar-refractivity contribution in [1.29, 1.82) is 5.41 Å². The van der Waals surface area contributed by atoms with E-state index in [1.807, 2.05) is 170 Å². The van der Waals surface area contributed by atoms with Crippen LogP contribution in [0.4, 0.5) is 0 Å². The monoisotopic (exact) mass is 2140 g/mol. The minimum Gasteiger partial charge on any atom is -0.870 e. The number of allylic oxidation sites excluding steroid dienone is 1. The Morgan fingerprint density at radius 1 is 0.422 bits per heavy atom. The molecule has 0 radical (unpaired) electrons. The Bertz CT molecular complexity index is 7260. The van der Waals surface area contributed by atoms with Gasteiger partial charge in [-0.15, -0.1) is 46.8 Å². The van der Waals surface area contributed by atoms with Gasteiger partial charge in [-0.2, -0.15) is 0 Å². The molecule has 14 nitrogen and oxygen atoms in total. The Kier molecular flexibility index (Phi) is 41.3. The number of hydrogen-bond acceptors (Lipinski definition) is 16. The topological polar surface area (TPSA) is 258 Å². The van der Waals surface area contributed by atoms with Gasteiger partial charge in [-0.25, -0.2) is 19.9 Å². The van der Waals surface area contributed by atoms with Gasteiger partial charge in [0.05, 0.1) is 62.9 Å². The van der Waals surface area contributed by atoms with Gasteiger partial charge >= 0.3 is 59.1 Å². The second-order valence-electron chi connectivity index (χ2n) is 29.3. The van der Waals surface area contributed by atoms with E-state index >= 15 is 0 Å². The summed E-state index contributed by atoms with van der Waals surface area (Å²) in [6.07, 6.45) is 3.78. The van der Waals surface area contributed by atoms with Crippen molar-refractivity contribution in [2.45, 2.75) is 30.1 Å². The normalized spacial score (nSPS) is 11.5. The van der Waals surface area contributed by atoms with E-state index in [1.165, 1.54) is 70.9 Å². The molecule has 20 aromatic rings. The number of halogens is 5. The number of nitrogen functional groups attached to an aromatic ring is 1. The third-order valence-electron chi connectivity index (χ3n) is 20.8. The van der Waals surface area contributed by atoms with Crippen molar-refractivity contribution in [2.75, 3.05) is 19.0 Å². The predicted octanol–water partition coefficient (Wildman–Crippen LogP) is 24.3. The molecule has 0 unspecified atom stereocenters. The first-order chi connectivity index (χ1) is 63.6. The Balaban J connectivity index is 0.000000166. The van der Waals surface area contributed by atoms with E-state index in [0.717, 1.165) is 150 Å². The zero-order valence-corrected chi connectivity index (χ0v) is 88.1. The third-order valence-corrected chi connectivity index (χ3v) is 29.2. The predicted molar refractivity (Wildman–Crippen MR) is 570 cm³/mol. The molecule has 0 saturated carbocycles. The van der Waals surface area contributed by atoms with Crippen LogP contribution in [0.25, 0.3) is 131 Å². The van der Waals surface area contributed by atoms with Gasteiger partial charge in [0.1, 0.15) is 12.1 Å². The van der Waals surface area contributed by atoms with Crippen molar-refractivity contribution in [3.05, 3.63) is 438 Å². The number of aliphatic hydroxyl groups is 2. The van der Waals surface area contributed by atoms with Crippen LogP contribution in [0.15, 0.2) is 409 Å². The number of hydrogen-bond donors (Lipinski definition) is 4. The molecule has 7 N–H and O–H groups in total. The Hall–Kier alpha value is -10.3. The van der Waals surface area contributed by atoms with Crippen LogP contribution in [-0.2, 0) is 6.42 Å². The zero-order chi connectivity index (χ0) is 90.4. The number of aliphatic hydroxyl groups excluding tert-OH is 2. The number of para-hydroxylation sites is 2. The molecule has 135 heavy (non-hydrogen) atoms. The summed E-state index contributed by atoms with van der Waals surface area (Å²) in [7, 11) is 0. The molecule has 15 aromatic carbocycles. The molecule has 0 spiro atoms. The molecular weight excluding hydrogens is 2060 g/mol. The first-order valence-electron chi connectivity index (χ1n) is 41.7. The van der Waals surface area contributed by atoms with Crippen LogP contribution in [0.2, 0.25) is 0 Å². The molecule has 0 fully saturated rings. The van der Waals surface area contributed by atoms with Crippen LogP contribution in [-0.4, -0.2) is 88.3 Å². The maximum Gasteiger partial charge on any atom is 1.00 e. The number of thioether (sulfide) groups is 2. The van der Waals surface area contributed by atoms with Crippen molar-refractivity contribution in [3.8, 4) is 62.1 Å². The van der Waals surface area contributed by atoms with Gasteiger partial charge in [-0.05, 0) is 160 Å². The number of carbonyl (C=O) groups is 3. The van der Waals surface area contributed by atoms with Crippen molar-refractivity contribution < 1.29 is 94.7 Å². The SMILES string of the molecule is Brc1cccc2c1sc1c(-c3ccccc3)nc(-c3ccccc3)nc12.Brc1cccc2c1sc1c(-c3ccccc3)nc(-c3ccccc3)nc12.CCO.CCO.Cl.N=C(N)c1ccccc1.O=C1/C(=C/c2ccccc2)Sc2c(Br)cccc21.O=C1CSc2c(Br)cccc21.O=Cc1ccccc1.[Na+].[Na+].[OH-].[OH-].c1ccc(-n2c3ccccc3c3ccc4c(c32)Cc2ccccc2-4)cc1. The van der Waals surface area contributed by atoms with Gasteiger partial charge in [0.15, 0.2) is 17.4 Å². The summed E-state index contributed by atoms with van der Waals surface area (Å²) >= 11 is 20.9. The quantitative estimate of drug-likeness (QED) is 0.0363. The number of fused-ring (bicyclic) bond motifs is 15. The summed E-state index contributed by atoms with van der Waals surface area (Å²) in [6.45, 7) is 3.86. The van der Waals surface area contributed by atoms with Crippen molar-refractivity contribution in [1.82, 2.24) is 24.5 Å². The van der Waals surface area contributed by atoms with Gasteiger partial charge in [-0.1, -0.05) is 339 Å². The van der Waals surface area contributed by atoms with Crippen LogP contribution < -0.4 is 64.8 Å². The standard InChI is InChI=1S/C25H17N.2C22H13BrN2S.C15H9BrOS.C8H5BrOS.C7H8N2.C7H6O.2C2H6O.ClH.2Na.2H2O/c1-2-9-18(10-3-1)26-24-13-7-6-12-21(24)22-15-14-20-19-11-5-4-8-17(19)16-23(20)25(22)26;2*23-17-13-7-12-16-19-21(26-20(16)17)18(14-8-3-1-4-9-14)24-22(25-19)15-10-5-2-6-11-15;16-12-8-4-7-11-14(17)13(18-15(11)12)9-10-5-2-1-3-6-10;9-6-3-1-2-5-7(10)4-11-8(5)6;8-7(9)6-4-2-1-3-5-6;8-6-7-4-2-1-3-5-7;2*1-2-3;;;;;/h1-15H,16H2;2*1-13H;1-9H;1-3H,4H2;1-5H,(H3,8,9);1-6H;2*3H,2H2,1H3;1H;;;2*1H2/q;;;;;;;;;;2*+1;;/p-2/b;;;13-9-;;;;;;;;;;. The number of nitrogens with one attached hydrogen (secondary N) is 1. The number of Topliss-reactive ketones (excluding diaryl/α,β-unsaturated/α-hetero) is 2. The van der Waals surface area contributed by atoms with E-state index in [4.69, 9.17) is 41.3 Å². The van der Waals surface area contributed by atoms with Gasteiger partial charge < -0.3 is 31.5 Å². The minimum atomic E-state index is 0. The van der Waals surface area contributed by atoms with Crippen molar-refractivity contribution in [3.63, 3.8) is 0 Å². The summed E-state index contributed by atoms with van der Waals surface area (Å²) in [5.74, 6) is 2.59. The average Bonchev–Trinajstić information content (AvgIpc) is 1.55. The van der Waals surface area contributed by atoms with Crippen LogP contribution >= 0.6 is 122 Å². The number of thiophene rings is 2. The van der Waals surface area contributed by atoms with E-state index in [-0.39, 0.29) is 113 Å². The summed E-state index contributed by atoms with van der Waals surface area (Å²) in [5, 5.41) is 27.1. The number of benzene rings is 15. The molecule has 0 atom stereocenters. The molecule has 2 aliphatic heterocycles. The maximum absolute atomic E-state index is 12.2. The smallest absolute Gasteiger partial charge is 0.870 e. The van der Waals surface area contributed by atoms with Gasteiger partial charge in [0, 0.05) is 119 Å². The fourth-order valence-electron chi connectivity index (χ4n) is 14.9. The van der Waals surface area contributed by atoms with Crippen LogP contribution in [0.5, 0.6) is 0 Å². The molecular formula is C110H86Br4ClN7Na2O7S4. The van der Waals surface area contributed by atoms with Gasteiger partial charge in [-0.3, -0.25) is 19.8 Å². The Morgan fingerprint density at radius 3 is 1.29 bits per heavy atom. The zero-order valence-electron chi connectivity index (χ0n) is 73.7. The molecule has 0 bridgehead atoms. The van der Waals surface area contributed by atoms with E-state index < -0.39 is 0 Å². The first-order valence-corrected chi connectivity index (χ1v) is 48.3. The second-order valence-corrected chi connectivity index (χ2v) is 36.8. The number of amidine groups is 1. The third kappa shape index (κ3) is 25.6. The molecule has 25 heteroatoms.